The standard InChI is InChI=1S/C17H25BrO5/c1-16(15(21)23-3)11(6-7-18)8-17(9-14(20)22-2)12(10-19)4-5-13(16)17/h10-13H,4-9H2,1-3H3/t11-,12-,13+,16-,17-/m0/s1. The molecule has 0 spiro atoms. The monoisotopic (exact) mass is 388 g/mol. The zero-order valence-corrected chi connectivity index (χ0v) is 15.6. The topological polar surface area (TPSA) is 69.7 Å². The Kier molecular flexibility index (Phi) is 5.54. The van der Waals surface area contributed by atoms with E-state index in [0.717, 1.165) is 30.9 Å². The molecule has 2 saturated carbocycles. The summed E-state index contributed by atoms with van der Waals surface area (Å²) in [6.07, 6.45) is 4.16. The van der Waals surface area contributed by atoms with Crippen LogP contribution in [-0.2, 0) is 23.9 Å². The third kappa shape index (κ3) is 2.73. The molecule has 130 valence electrons. The Morgan fingerprint density at radius 2 is 1.96 bits per heavy atom. The Morgan fingerprint density at radius 1 is 1.26 bits per heavy atom. The minimum Gasteiger partial charge on any atom is -0.469 e. The summed E-state index contributed by atoms with van der Waals surface area (Å²) in [5.74, 6) is -0.675. The van der Waals surface area contributed by atoms with E-state index in [9.17, 15) is 14.4 Å². The smallest absolute Gasteiger partial charge is 0.312 e. The first-order chi connectivity index (χ1) is 10.9. The summed E-state index contributed by atoms with van der Waals surface area (Å²) in [5.41, 5.74) is -1.14. The molecule has 2 fully saturated rings. The number of fused-ring (bicyclic) bond motifs is 1. The highest BCUT2D eigenvalue weighted by molar-refractivity contribution is 9.09. The van der Waals surface area contributed by atoms with E-state index in [-0.39, 0.29) is 36.1 Å². The molecule has 2 aliphatic rings. The minimum absolute atomic E-state index is 0.0270. The van der Waals surface area contributed by atoms with E-state index in [4.69, 9.17) is 9.47 Å². The number of carbonyl (C=O) groups is 3. The quantitative estimate of drug-likeness (QED) is 0.397. The molecule has 0 aliphatic heterocycles. The van der Waals surface area contributed by atoms with E-state index < -0.39 is 10.8 Å². The number of ether oxygens (including phenoxy) is 2. The normalized spacial score (nSPS) is 38.9. The molecule has 0 aromatic carbocycles. The lowest BCUT2D eigenvalue weighted by molar-refractivity contribution is -0.159. The van der Waals surface area contributed by atoms with Crippen LogP contribution in [0.2, 0.25) is 0 Å². The number of methoxy groups -OCH3 is 2. The summed E-state index contributed by atoms with van der Waals surface area (Å²) in [6, 6.07) is 0. The van der Waals surface area contributed by atoms with Crippen molar-refractivity contribution in [1.82, 2.24) is 0 Å². The number of alkyl halides is 1. The van der Waals surface area contributed by atoms with Crippen LogP contribution in [-0.4, -0.2) is 37.8 Å². The van der Waals surface area contributed by atoms with Crippen LogP contribution in [0.5, 0.6) is 0 Å². The maximum Gasteiger partial charge on any atom is 0.312 e. The first kappa shape index (κ1) is 18.4. The maximum atomic E-state index is 12.6. The fourth-order valence-corrected chi connectivity index (χ4v) is 5.81. The van der Waals surface area contributed by atoms with Gasteiger partial charge in [0.1, 0.15) is 6.29 Å². The van der Waals surface area contributed by atoms with Crippen LogP contribution >= 0.6 is 15.9 Å². The van der Waals surface area contributed by atoms with Gasteiger partial charge in [0.25, 0.3) is 0 Å². The molecule has 23 heavy (non-hydrogen) atoms. The van der Waals surface area contributed by atoms with Crippen LogP contribution in [0.15, 0.2) is 0 Å². The van der Waals surface area contributed by atoms with E-state index in [2.05, 4.69) is 15.9 Å². The number of aldehydes is 1. The number of hydrogen-bond acceptors (Lipinski definition) is 5. The number of carbonyl (C=O) groups excluding carboxylic acids is 3. The Labute approximate surface area is 145 Å². The average Bonchev–Trinajstić information content (AvgIpc) is 3.01. The lowest BCUT2D eigenvalue weighted by atomic mass is 9.66. The second-order valence-electron chi connectivity index (χ2n) is 7.01. The summed E-state index contributed by atoms with van der Waals surface area (Å²) in [4.78, 5) is 36.3. The predicted molar refractivity (Wildman–Crippen MR) is 88.0 cm³/mol. The Morgan fingerprint density at radius 3 is 2.48 bits per heavy atom. The van der Waals surface area contributed by atoms with Crippen molar-refractivity contribution < 1.29 is 23.9 Å². The second kappa shape index (κ2) is 6.91. The van der Waals surface area contributed by atoms with E-state index >= 15 is 0 Å². The van der Waals surface area contributed by atoms with Gasteiger partial charge in [-0.3, -0.25) is 9.59 Å². The SMILES string of the molecule is COC(=O)C[C@]12C[C@H](CCBr)[C@](C)(C(=O)OC)[C@H]1CC[C@H]2C=O. The lowest BCUT2D eigenvalue weighted by Crippen LogP contribution is -2.41. The van der Waals surface area contributed by atoms with Crippen molar-refractivity contribution in [2.45, 2.75) is 39.0 Å². The summed E-state index contributed by atoms with van der Waals surface area (Å²) >= 11 is 3.46. The third-order valence-electron chi connectivity index (χ3n) is 6.35. The van der Waals surface area contributed by atoms with Crippen molar-refractivity contribution in [1.29, 1.82) is 0 Å². The van der Waals surface area contributed by atoms with Gasteiger partial charge in [-0.15, -0.1) is 0 Å². The molecule has 0 N–H and O–H groups in total. The van der Waals surface area contributed by atoms with Crippen molar-refractivity contribution in [3.8, 4) is 0 Å². The van der Waals surface area contributed by atoms with Gasteiger partial charge in [-0.25, -0.2) is 0 Å². The van der Waals surface area contributed by atoms with Crippen LogP contribution in [0.3, 0.4) is 0 Å². The van der Waals surface area contributed by atoms with Crippen molar-refractivity contribution in [2.24, 2.45) is 28.6 Å². The van der Waals surface area contributed by atoms with Gasteiger partial charge in [0.05, 0.1) is 26.1 Å². The average molecular weight is 389 g/mol. The fourth-order valence-electron chi connectivity index (χ4n) is 5.26. The van der Waals surface area contributed by atoms with E-state index in [1.54, 1.807) is 0 Å². The molecule has 2 rings (SSSR count). The minimum atomic E-state index is -0.658. The highest BCUT2D eigenvalue weighted by atomic mass is 79.9. The number of halogens is 1. The second-order valence-corrected chi connectivity index (χ2v) is 7.80. The first-order valence-electron chi connectivity index (χ1n) is 8.07. The Balaban J connectivity index is 2.48. The van der Waals surface area contributed by atoms with Gasteiger partial charge in [0, 0.05) is 11.2 Å². The van der Waals surface area contributed by atoms with Gasteiger partial charge in [0.2, 0.25) is 0 Å². The molecule has 6 heteroatoms. The molecule has 5 atom stereocenters. The number of rotatable bonds is 6. The highest BCUT2D eigenvalue weighted by Gasteiger charge is 2.68. The molecule has 2 aliphatic carbocycles. The molecule has 0 bridgehead atoms. The van der Waals surface area contributed by atoms with Crippen LogP contribution < -0.4 is 0 Å². The molecule has 0 aromatic rings. The molecule has 0 amide bonds. The molecule has 0 unspecified atom stereocenters. The van der Waals surface area contributed by atoms with Crippen molar-refractivity contribution >= 4 is 34.2 Å². The zero-order chi connectivity index (χ0) is 17.3. The van der Waals surface area contributed by atoms with E-state index in [1.807, 2.05) is 6.92 Å². The lowest BCUT2D eigenvalue weighted by Gasteiger charge is -2.37. The van der Waals surface area contributed by atoms with Crippen LogP contribution in [0.25, 0.3) is 0 Å². The van der Waals surface area contributed by atoms with Crippen molar-refractivity contribution in [2.75, 3.05) is 19.5 Å². The molecular formula is C17H25BrO5. The van der Waals surface area contributed by atoms with E-state index in [0.29, 0.717) is 6.42 Å². The van der Waals surface area contributed by atoms with Gasteiger partial charge in [0.15, 0.2) is 0 Å². The van der Waals surface area contributed by atoms with E-state index in [1.165, 1.54) is 14.2 Å². The fraction of sp³-hybridized carbons (Fsp3) is 0.824. The van der Waals surface area contributed by atoms with Gasteiger partial charge in [-0.2, -0.15) is 0 Å². The van der Waals surface area contributed by atoms with Crippen LogP contribution in [0.1, 0.15) is 39.0 Å². The molecular weight excluding hydrogens is 364 g/mol. The van der Waals surface area contributed by atoms with Crippen molar-refractivity contribution in [3.05, 3.63) is 0 Å². The Bertz CT molecular complexity index is 493. The third-order valence-corrected chi connectivity index (χ3v) is 6.80. The highest BCUT2D eigenvalue weighted by Crippen LogP contribution is 2.68. The number of esters is 2. The van der Waals surface area contributed by atoms with Crippen LogP contribution in [0, 0.1) is 28.6 Å². The van der Waals surface area contributed by atoms with Gasteiger partial charge < -0.3 is 14.3 Å². The van der Waals surface area contributed by atoms with Gasteiger partial charge in [-0.05, 0) is 49.9 Å². The zero-order valence-electron chi connectivity index (χ0n) is 14.0. The summed E-state index contributed by atoms with van der Waals surface area (Å²) in [7, 11) is 2.77. The Hall–Kier alpha value is -0.910. The summed E-state index contributed by atoms with van der Waals surface area (Å²) < 4.78 is 9.99. The maximum absolute atomic E-state index is 12.6. The molecule has 5 nitrogen and oxygen atoms in total. The van der Waals surface area contributed by atoms with Crippen molar-refractivity contribution in [3.63, 3.8) is 0 Å². The largest absolute Gasteiger partial charge is 0.469 e. The summed E-state index contributed by atoms with van der Waals surface area (Å²) in [5, 5.41) is 0.775. The number of hydrogen-bond donors (Lipinski definition) is 0. The van der Waals surface area contributed by atoms with Crippen LogP contribution in [0.4, 0.5) is 0 Å². The van der Waals surface area contributed by atoms with Gasteiger partial charge in [-0.1, -0.05) is 15.9 Å². The predicted octanol–water partition coefficient (Wildman–Crippen LogP) is 2.75. The molecule has 0 saturated heterocycles. The summed E-state index contributed by atoms with van der Waals surface area (Å²) in [6.45, 7) is 1.95. The molecule has 0 heterocycles. The first-order valence-corrected chi connectivity index (χ1v) is 9.19. The molecule has 0 aromatic heterocycles. The van der Waals surface area contributed by atoms with Gasteiger partial charge >= 0.3 is 11.9 Å². The molecule has 0 radical (unpaired) electrons.